The maximum absolute atomic E-state index is 4.39. The summed E-state index contributed by atoms with van der Waals surface area (Å²) in [6.45, 7) is 4.29. The third-order valence-electron chi connectivity index (χ3n) is 3.79. The van der Waals surface area contributed by atoms with Gasteiger partial charge >= 0.3 is 0 Å². The predicted molar refractivity (Wildman–Crippen MR) is 79.2 cm³/mol. The summed E-state index contributed by atoms with van der Waals surface area (Å²) in [5.41, 5.74) is 4.52. The van der Waals surface area contributed by atoms with Crippen molar-refractivity contribution in [3.05, 3.63) is 52.5 Å². The molecule has 0 aliphatic carbocycles. The van der Waals surface area contributed by atoms with E-state index in [1.165, 1.54) is 11.3 Å². The quantitative estimate of drug-likeness (QED) is 0.857. The zero-order valence-corrected chi connectivity index (χ0v) is 12.0. The van der Waals surface area contributed by atoms with Crippen LogP contribution in [0, 0.1) is 0 Å². The molecule has 1 aliphatic rings. The molecule has 19 heavy (non-hydrogen) atoms. The van der Waals surface area contributed by atoms with Crippen LogP contribution >= 0.6 is 11.3 Å². The number of benzene rings is 1. The van der Waals surface area contributed by atoms with Gasteiger partial charge < -0.3 is 0 Å². The van der Waals surface area contributed by atoms with Gasteiger partial charge in [-0.3, -0.25) is 9.80 Å². The van der Waals surface area contributed by atoms with Gasteiger partial charge in [-0.05, 0) is 12.6 Å². The molecule has 0 saturated carbocycles. The largest absolute Gasteiger partial charge is 0.297 e. The molecular weight excluding hydrogens is 254 g/mol. The molecule has 1 atom stereocenters. The lowest BCUT2D eigenvalue weighted by atomic mass is 10.0. The summed E-state index contributed by atoms with van der Waals surface area (Å²) >= 11 is 1.68. The van der Waals surface area contributed by atoms with Gasteiger partial charge in [-0.2, -0.15) is 0 Å². The van der Waals surface area contributed by atoms with Crippen LogP contribution in [-0.4, -0.2) is 41.5 Å². The van der Waals surface area contributed by atoms with Crippen molar-refractivity contribution in [3.63, 3.8) is 0 Å². The molecule has 3 nitrogen and oxygen atoms in total. The van der Waals surface area contributed by atoms with E-state index < -0.39 is 0 Å². The highest BCUT2D eigenvalue weighted by atomic mass is 32.1. The second-order valence-corrected chi connectivity index (χ2v) is 5.84. The van der Waals surface area contributed by atoms with E-state index in [0.717, 1.165) is 26.2 Å². The lowest BCUT2D eigenvalue weighted by molar-refractivity contribution is 0.0897. The maximum atomic E-state index is 4.39. The Kier molecular flexibility index (Phi) is 3.92. The van der Waals surface area contributed by atoms with Crippen LogP contribution in [0.4, 0.5) is 0 Å². The summed E-state index contributed by atoms with van der Waals surface area (Å²) in [5, 5.41) is 2.15. The fourth-order valence-electron chi connectivity index (χ4n) is 2.65. The van der Waals surface area contributed by atoms with Crippen molar-refractivity contribution >= 4 is 11.3 Å². The summed E-state index contributed by atoms with van der Waals surface area (Å²) in [7, 11) is 2.22. The van der Waals surface area contributed by atoms with E-state index in [1.807, 2.05) is 5.51 Å². The van der Waals surface area contributed by atoms with E-state index in [4.69, 9.17) is 0 Å². The van der Waals surface area contributed by atoms with Gasteiger partial charge in [0.2, 0.25) is 0 Å². The minimum Gasteiger partial charge on any atom is -0.297 e. The van der Waals surface area contributed by atoms with E-state index in [0.29, 0.717) is 6.04 Å². The number of hydrogen-bond acceptors (Lipinski definition) is 4. The van der Waals surface area contributed by atoms with Gasteiger partial charge in [0.1, 0.15) is 0 Å². The van der Waals surface area contributed by atoms with E-state index in [1.54, 1.807) is 11.3 Å². The molecule has 1 aromatic heterocycles. The number of aromatic nitrogens is 1. The molecule has 0 bridgehead atoms. The van der Waals surface area contributed by atoms with E-state index in [-0.39, 0.29) is 0 Å². The Morgan fingerprint density at radius 1 is 1.26 bits per heavy atom. The van der Waals surface area contributed by atoms with Crippen LogP contribution in [0.25, 0.3) is 0 Å². The summed E-state index contributed by atoms with van der Waals surface area (Å²) in [6.07, 6.45) is 0. The molecule has 0 unspecified atom stereocenters. The first-order valence-electron chi connectivity index (χ1n) is 6.67. The predicted octanol–water partition coefficient (Wildman–Crippen LogP) is 2.63. The van der Waals surface area contributed by atoms with Crippen molar-refractivity contribution in [2.24, 2.45) is 0 Å². The lowest BCUT2D eigenvalue weighted by Gasteiger charge is -2.39. The minimum absolute atomic E-state index is 0.494. The van der Waals surface area contributed by atoms with Crippen LogP contribution in [0.15, 0.2) is 41.2 Å². The molecule has 4 heteroatoms. The zero-order chi connectivity index (χ0) is 13.1. The van der Waals surface area contributed by atoms with Gasteiger partial charge in [0.15, 0.2) is 0 Å². The fourth-order valence-corrected chi connectivity index (χ4v) is 3.20. The Hall–Kier alpha value is -1.23. The molecule has 100 valence electrons. The van der Waals surface area contributed by atoms with Gasteiger partial charge in [-0.1, -0.05) is 30.3 Å². The number of nitrogens with zero attached hydrogens (tertiary/aromatic N) is 3. The summed E-state index contributed by atoms with van der Waals surface area (Å²) < 4.78 is 0. The molecule has 1 fully saturated rings. The van der Waals surface area contributed by atoms with Gasteiger partial charge in [0, 0.05) is 37.6 Å². The highest BCUT2D eigenvalue weighted by Gasteiger charge is 2.25. The Morgan fingerprint density at radius 3 is 2.84 bits per heavy atom. The normalized spacial score (nSPS) is 21.6. The summed E-state index contributed by atoms with van der Waals surface area (Å²) in [6, 6.07) is 11.3. The minimum atomic E-state index is 0.494. The zero-order valence-electron chi connectivity index (χ0n) is 11.2. The average molecular weight is 273 g/mol. The molecule has 0 amide bonds. The Morgan fingerprint density at radius 2 is 2.11 bits per heavy atom. The summed E-state index contributed by atoms with van der Waals surface area (Å²) in [5.74, 6) is 0. The smallest absolute Gasteiger partial charge is 0.0795 e. The number of hydrogen-bond donors (Lipinski definition) is 0. The van der Waals surface area contributed by atoms with Crippen molar-refractivity contribution in [1.29, 1.82) is 0 Å². The number of piperazine rings is 1. The van der Waals surface area contributed by atoms with E-state index >= 15 is 0 Å². The van der Waals surface area contributed by atoms with Crippen LogP contribution in [0.2, 0.25) is 0 Å². The van der Waals surface area contributed by atoms with Gasteiger partial charge in [-0.25, -0.2) is 4.98 Å². The third-order valence-corrected chi connectivity index (χ3v) is 4.42. The topological polar surface area (TPSA) is 19.4 Å². The van der Waals surface area contributed by atoms with E-state index in [9.17, 15) is 0 Å². The van der Waals surface area contributed by atoms with Crippen LogP contribution in [0.5, 0.6) is 0 Å². The monoisotopic (exact) mass is 273 g/mol. The maximum Gasteiger partial charge on any atom is 0.0795 e. The number of likely N-dealkylation sites (N-methyl/N-ethyl adjacent to an activating group) is 1. The SMILES string of the molecule is CN1CCN(Cc2cscn2)C[C@@H]1c1ccccc1. The third kappa shape index (κ3) is 3.03. The average Bonchev–Trinajstić information content (AvgIpc) is 2.95. The molecule has 2 aromatic rings. The van der Waals surface area contributed by atoms with E-state index in [2.05, 4.69) is 57.5 Å². The molecule has 2 heterocycles. The molecule has 0 N–H and O–H groups in total. The standard InChI is InChI=1S/C15H19N3S/c1-17-7-8-18(9-14-11-19-12-16-14)10-15(17)13-5-3-2-4-6-13/h2-6,11-12,15H,7-10H2,1H3/t15-/m1/s1. The molecule has 3 rings (SSSR count). The second-order valence-electron chi connectivity index (χ2n) is 5.12. The highest BCUT2D eigenvalue weighted by Crippen LogP contribution is 2.24. The second kappa shape index (κ2) is 5.82. The van der Waals surface area contributed by atoms with Crippen molar-refractivity contribution in [2.45, 2.75) is 12.6 Å². The van der Waals surface area contributed by atoms with Gasteiger partial charge in [0.05, 0.1) is 11.2 Å². The molecule has 1 aromatic carbocycles. The molecule has 0 radical (unpaired) electrons. The van der Waals surface area contributed by atoms with Crippen molar-refractivity contribution in [3.8, 4) is 0 Å². The molecule has 0 spiro atoms. The fraction of sp³-hybridized carbons (Fsp3) is 0.400. The Labute approximate surface area is 118 Å². The van der Waals surface area contributed by atoms with Gasteiger partial charge in [-0.15, -0.1) is 11.3 Å². The van der Waals surface area contributed by atoms with Crippen molar-refractivity contribution in [1.82, 2.24) is 14.8 Å². The Bertz CT molecular complexity index is 497. The lowest BCUT2D eigenvalue weighted by Crippen LogP contribution is -2.46. The molecule has 1 saturated heterocycles. The first-order chi connectivity index (χ1) is 9.33. The van der Waals surface area contributed by atoms with Crippen LogP contribution in [-0.2, 0) is 6.54 Å². The Balaban J connectivity index is 1.70. The number of thiazole rings is 1. The first-order valence-corrected chi connectivity index (χ1v) is 7.62. The van der Waals surface area contributed by atoms with Gasteiger partial charge in [0.25, 0.3) is 0 Å². The molecule has 1 aliphatic heterocycles. The molecular formula is C15H19N3S. The van der Waals surface area contributed by atoms with Crippen LogP contribution in [0.1, 0.15) is 17.3 Å². The van der Waals surface area contributed by atoms with Crippen molar-refractivity contribution < 1.29 is 0 Å². The van der Waals surface area contributed by atoms with Crippen molar-refractivity contribution in [2.75, 3.05) is 26.7 Å². The highest BCUT2D eigenvalue weighted by molar-refractivity contribution is 7.07. The first kappa shape index (κ1) is 12.8. The van der Waals surface area contributed by atoms with Crippen LogP contribution in [0.3, 0.4) is 0 Å². The van der Waals surface area contributed by atoms with Crippen LogP contribution < -0.4 is 0 Å². The number of rotatable bonds is 3. The summed E-state index contributed by atoms with van der Waals surface area (Å²) in [4.78, 5) is 9.35.